The summed E-state index contributed by atoms with van der Waals surface area (Å²) >= 11 is 0. The van der Waals surface area contributed by atoms with Gasteiger partial charge in [-0.2, -0.15) is 4.98 Å². The van der Waals surface area contributed by atoms with Crippen LogP contribution in [0, 0.1) is 0 Å². The summed E-state index contributed by atoms with van der Waals surface area (Å²) in [6.45, 7) is 10.3. The van der Waals surface area contributed by atoms with E-state index in [0.29, 0.717) is 37.8 Å². The first-order chi connectivity index (χ1) is 9.55. The molecular formula is C14H24N2O4. The Labute approximate surface area is 119 Å². The quantitative estimate of drug-likeness (QED) is 0.683. The van der Waals surface area contributed by atoms with Crippen molar-refractivity contribution in [1.29, 1.82) is 0 Å². The highest BCUT2D eigenvalue weighted by Crippen LogP contribution is 2.32. The largest absolute Gasteiger partial charge is 0.465 e. The minimum atomic E-state index is -0.868. The molecule has 114 valence electrons. The standard InChI is InChI=1S/C14H24N2O4/c1-6-14(7-2,13(17)19-9-4)12-15-11(16-20-12)10(5)18-8-3/h10H,6-9H2,1-5H3. The van der Waals surface area contributed by atoms with Crippen LogP contribution >= 0.6 is 0 Å². The summed E-state index contributed by atoms with van der Waals surface area (Å²) in [7, 11) is 0. The molecule has 0 aromatic carbocycles. The van der Waals surface area contributed by atoms with Gasteiger partial charge in [-0.05, 0) is 33.6 Å². The Hall–Kier alpha value is -1.43. The average Bonchev–Trinajstić information content (AvgIpc) is 2.92. The summed E-state index contributed by atoms with van der Waals surface area (Å²) in [6.07, 6.45) is 0.839. The molecule has 0 N–H and O–H groups in total. The number of ether oxygens (including phenoxy) is 2. The second-order valence-corrected chi connectivity index (χ2v) is 4.56. The van der Waals surface area contributed by atoms with Crippen molar-refractivity contribution in [2.75, 3.05) is 13.2 Å². The topological polar surface area (TPSA) is 74.5 Å². The molecule has 6 heteroatoms. The van der Waals surface area contributed by atoms with Gasteiger partial charge < -0.3 is 14.0 Å². The molecule has 0 aliphatic heterocycles. The maximum atomic E-state index is 12.3. The molecule has 0 saturated carbocycles. The fraction of sp³-hybridized carbons (Fsp3) is 0.786. The lowest BCUT2D eigenvalue weighted by Crippen LogP contribution is -2.37. The van der Waals surface area contributed by atoms with Gasteiger partial charge in [0.25, 0.3) is 0 Å². The van der Waals surface area contributed by atoms with Gasteiger partial charge in [-0.3, -0.25) is 4.79 Å². The molecule has 0 saturated heterocycles. The summed E-state index contributed by atoms with van der Waals surface area (Å²) in [5.74, 6) is 0.448. The van der Waals surface area contributed by atoms with Crippen LogP contribution < -0.4 is 0 Å². The summed E-state index contributed by atoms with van der Waals surface area (Å²) in [6, 6.07) is 0. The van der Waals surface area contributed by atoms with Crippen molar-refractivity contribution in [3.8, 4) is 0 Å². The van der Waals surface area contributed by atoms with Crippen molar-refractivity contribution in [3.63, 3.8) is 0 Å². The van der Waals surface area contributed by atoms with Crippen LogP contribution in [0.5, 0.6) is 0 Å². The Morgan fingerprint density at radius 2 is 1.90 bits per heavy atom. The van der Waals surface area contributed by atoms with Crippen molar-refractivity contribution >= 4 is 5.97 Å². The van der Waals surface area contributed by atoms with E-state index in [2.05, 4.69) is 10.1 Å². The summed E-state index contributed by atoms with van der Waals surface area (Å²) in [5.41, 5.74) is -0.868. The summed E-state index contributed by atoms with van der Waals surface area (Å²) < 4.78 is 15.9. The first-order valence-corrected chi connectivity index (χ1v) is 7.18. The molecule has 0 aliphatic rings. The molecule has 1 aromatic heterocycles. The lowest BCUT2D eigenvalue weighted by Gasteiger charge is -2.24. The molecule has 1 aromatic rings. The van der Waals surface area contributed by atoms with Crippen LogP contribution in [0.15, 0.2) is 4.52 Å². The molecule has 6 nitrogen and oxygen atoms in total. The highest BCUT2D eigenvalue weighted by molar-refractivity contribution is 5.81. The molecule has 0 fully saturated rings. The monoisotopic (exact) mass is 284 g/mol. The van der Waals surface area contributed by atoms with E-state index < -0.39 is 5.41 Å². The maximum Gasteiger partial charge on any atom is 0.321 e. The van der Waals surface area contributed by atoms with Crippen LogP contribution in [-0.4, -0.2) is 29.3 Å². The van der Waals surface area contributed by atoms with Gasteiger partial charge in [-0.1, -0.05) is 19.0 Å². The second kappa shape index (κ2) is 7.38. The normalized spacial score (nSPS) is 13.2. The number of hydrogen-bond acceptors (Lipinski definition) is 6. The zero-order valence-electron chi connectivity index (χ0n) is 12.9. The van der Waals surface area contributed by atoms with Gasteiger partial charge in [0.2, 0.25) is 5.89 Å². The molecule has 0 aliphatic carbocycles. The highest BCUT2D eigenvalue weighted by Gasteiger charge is 2.44. The third kappa shape index (κ3) is 3.17. The zero-order valence-corrected chi connectivity index (χ0v) is 12.9. The second-order valence-electron chi connectivity index (χ2n) is 4.56. The molecule has 0 amide bonds. The smallest absolute Gasteiger partial charge is 0.321 e. The number of nitrogens with zero attached hydrogens (tertiary/aromatic N) is 2. The van der Waals surface area contributed by atoms with Crippen LogP contribution in [0.4, 0.5) is 0 Å². The molecule has 20 heavy (non-hydrogen) atoms. The number of esters is 1. The lowest BCUT2D eigenvalue weighted by molar-refractivity contribution is -0.151. The molecule has 0 spiro atoms. The van der Waals surface area contributed by atoms with E-state index in [0.717, 1.165) is 0 Å². The van der Waals surface area contributed by atoms with Gasteiger partial charge in [0.05, 0.1) is 6.61 Å². The van der Waals surface area contributed by atoms with E-state index in [1.807, 2.05) is 27.7 Å². The first-order valence-electron chi connectivity index (χ1n) is 7.18. The molecule has 0 bridgehead atoms. The van der Waals surface area contributed by atoms with Crippen LogP contribution in [0.1, 0.15) is 65.3 Å². The van der Waals surface area contributed by atoms with Gasteiger partial charge in [-0.25, -0.2) is 0 Å². The Morgan fingerprint density at radius 3 is 2.40 bits per heavy atom. The predicted octanol–water partition coefficient (Wildman–Crippen LogP) is 2.79. The number of carbonyl (C=O) groups excluding carboxylic acids is 1. The van der Waals surface area contributed by atoms with Gasteiger partial charge in [0.15, 0.2) is 5.82 Å². The first kappa shape index (κ1) is 16.6. The van der Waals surface area contributed by atoms with Gasteiger partial charge in [0, 0.05) is 6.61 Å². The van der Waals surface area contributed by atoms with Crippen LogP contribution in [0.2, 0.25) is 0 Å². The molecular weight excluding hydrogens is 260 g/mol. The van der Waals surface area contributed by atoms with Gasteiger partial charge >= 0.3 is 5.97 Å². The van der Waals surface area contributed by atoms with Crippen molar-refractivity contribution in [2.45, 2.75) is 59.0 Å². The maximum absolute atomic E-state index is 12.3. The SMILES string of the molecule is CCOC(=O)C(CC)(CC)c1nc(C(C)OCC)no1. The van der Waals surface area contributed by atoms with Gasteiger partial charge in [0.1, 0.15) is 11.5 Å². The highest BCUT2D eigenvalue weighted by atomic mass is 16.5. The van der Waals surface area contributed by atoms with Crippen molar-refractivity contribution in [2.24, 2.45) is 0 Å². The van der Waals surface area contributed by atoms with E-state index in [-0.39, 0.29) is 12.1 Å². The third-order valence-corrected chi connectivity index (χ3v) is 3.50. The van der Waals surface area contributed by atoms with E-state index in [1.54, 1.807) is 6.92 Å². The fourth-order valence-corrected chi connectivity index (χ4v) is 2.12. The molecule has 1 heterocycles. The average molecular weight is 284 g/mol. The van der Waals surface area contributed by atoms with E-state index in [1.165, 1.54) is 0 Å². The van der Waals surface area contributed by atoms with Gasteiger partial charge in [-0.15, -0.1) is 0 Å². The van der Waals surface area contributed by atoms with Crippen LogP contribution in [0.3, 0.4) is 0 Å². The Bertz CT molecular complexity index is 427. The Kier molecular flexibility index (Phi) is 6.13. The number of aromatic nitrogens is 2. The minimum absolute atomic E-state index is 0.258. The van der Waals surface area contributed by atoms with Crippen molar-refractivity contribution < 1.29 is 18.8 Å². The van der Waals surface area contributed by atoms with Crippen molar-refractivity contribution in [3.05, 3.63) is 11.7 Å². The molecule has 1 unspecified atom stereocenters. The molecule has 0 radical (unpaired) electrons. The van der Waals surface area contributed by atoms with Crippen LogP contribution in [-0.2, 0) is 19.7 Å². The van der Waals surface area contributed by atoms with E-state index in [4.69, 9.17) is 14.0 Å². The number of rotatable bonds is 8. The summed E-state index contributed by atoms with van der Waals surface area (Å²) in [4.78, 5) is 16.6. The van der Waals surface area contributed by atoms with E-state index >= 15 is 0 Å². The van der Waals surface area contributed by atoms with Crippen molar-refractivity contribution in [1.82, 2.24) is 10.1 Å². The summed E-state index contributed by atoms with van der Waals surface area (Å²) in [5, 5.41) is 3.92. The Morgan fingerprint density at radius 1 is 1.25 bits per heavy atom. The fourth-order valence-electron chi connectivity index (χ4n) is 2.12. The number of carbonyl (C=O) groups is 1. The van der Waals surface area contributed by atoms with E-state index in [9.17, 15) is 4.79 Å². The third-order valence-electron chi connectivity index (χ3n) is 3.50. The number of hydrogen-bond donors (Lipinski definition) is 0. The molecule has 1 rings (SSSR count). The zero-order chi connectivity index (χ0) is 15.2. The predicted molar refractivity (Wildman–Crippen MR) is 73.2 cm³/mol. The Balaban J connectivity index is 3.07. The molecule has 1 atom stereocenters. The lowest BCUT2D eigenvalue weighted by atomic mass is 9.82. The van der Waals surface area contributed by atoms with Crippen LogP contribution in [0.25, 0.3) is 0 Å². The minimum Gasteiger partial charge on any atom is -0.465 e.